The Balaban J connectivity index is 1.86. The van der Waals surface area contributed by atoms with Crippen molar-refractivity contribution in [3.63, 3.8) is 0 Å². The van der Waals surface area contributed by atoms with Gasteiger partial charge in [-0.25, -0.2) is 9.59 Å². The number of aliphatic hydroxyl groups is 2. The van der Waals surface area contributed by atoms with Gasteiger partial charge in [0, 0.05) is 94.3 Å². The molecule has 2 unspecified atom stereocenters. The Morgan fingerprint density at radius 1 is 0.656 bits per heavy atom. The highest BCUT2D eigenvalue weighted by Gasteiger charge is 2.26. The van der Waals surface area contributed by atoms with E-state index < -0.39 is 47.5 Å². The number of aliphatic hydroxyl groups excluding tert-OH is 2. The zero-order valence-corrected chi connectivity index (χ0v) is 39.3. The standard InChI is InChI=1S/C48H66N6O10/c1-25-31(13-15-41(57)58)36-23-40-32(14-16-42(59)60)26(2)39(54(40)20-19-53(46(62)64-48(10,11)12)18-17-49-45(61)63-47(7,8)9)24-38-44(30(6)56)28(4)35(52-38)22-37-43(29(5)55)27(3)34(51-37)21-33(25)50-36/h21-24,29-30,50-52,55-56H,13-20H2,1-12H3,(H,49,61)(H,57,58)(H,59,60). The number of carboxylic acid groups (broad SMARTS) is 2. The molecule has 5 heterocycles. The van der Waals surface area contributed by atoms with Crippen molar-refractivity contribution in [3.8, 4) is 0 Å². The van der Waals surface area contributed by atoms with Crippen LogP contribution in [-0.2, 0) is 38.4 Å². The quantitative estimate of drug-likeness (QED) is 0.0790. The van der Waals surface area contributed by atoms with Crippen LogP contribution in [0.1, 0.15) is 148 Å². The Morgan fingerprint density at radius 2 is 1.20 bits per heavy atom. The van der Waals surface area contributed by atoms with Gasteiger partial charge in [0.2, 0.25) is 0 Å². The second-order valence-electron chi connectivity index (χ2n) is 18.7. The van der Waals surface area contributed by atoms with E-state index in [-0.39, 0.29) is 51.9 Å². The first-order valence-electron chi connectivity index (χ1n) is 21.8. The lowest BCUT2D eigenvalue weighted by Gasteiger charge is -2.28. The van der Waals surface area contributed by atoms with E-state index in [1.807, 2.05) is 56.6 Å². The van der Waals surface area contributed by atoms with Crippen LogP contribution in [0.5, 0.6) is 0 Å². The van der Waals surface area contributed by atoms with Crippen molar-refractivity contribution in [1.29, 1.82) is 0 Å². The lowest BCUT2D eigenvalue weighted by molar-refractivity contribution is -0.138. The Labute approximate surface area is 373 Å². The molecule has 8 N–H and O–H groups in total. The number of aromatic amines is 3. The van der Waals surface area contributed by atoms with Gasteiger partial charge in [0.1, 0.15) is 11.2 Å². The average Bonchev–Trinajstić information content (AvgIpc) is 3.81. The van der Waals surface area contributed by atoms with Gasteiger partial charge in [-0.1, -0.05) is 0 Å². The van der Waals surface area contributed by atoms with Gasteiger partial charge in [0.15, 0.2) is 0 Å². The van der Waals surface area contributed by atoms with Gasteiger partial charge in [-0.15, -0.1) is 0 Å². The van der Waals surface area contributed by atoms with Gasteiger partial charge in [0.05, 0.1) is 12.2 Å². The minimum absolute atomic E-state index is 0.0609. The Bertz CT molecular complexity index is 2680. The van der Waals surface area contributed by atoms with Gasteiger partial charge in [-0.05, 0) is 154 Å². The van der Waals surface area contributed by atoms with Crippen LogP contribution in [0, 0.1) is 27.7 Å². The fraction of sp³-hybridized carbons (Fsp3) is 0.500. The second-order valence-corrected chi connectivity index (χ2v) is 18.7. The van der Waals surface area contributed by atoms with E-state index in [9.17, 15) is 39.6 Å². The summed E-state index contributed by atoms with van der Waals surface area (Å²) in [6, 6.07) is 0. The van der Waals surface area contributed by atoms with Crippen LogP contribution in [0.15, 0.2) is 0 Å². The molecule has 4 aromatic heterocycles. The summed E-state index contributed by atoms with van der Waals surface area (Å²) in [7, 11) is 0. The largest absolute Gasteiger partial charge is 0.481 e. The van der Waals surface area contributed by atoms with Crippen LogP contribution in [0.2, 0.25) is 0 Å². The van der Waals surface area contributed by atoms with Crippen LogP contribution in [-0.4, -0.2) is 99.8 Å². The second kappa shape index (κ2) is 19.4. The van der Waals surface area contributed by atoms with E-state index in [4.69, 9.17) is 9.47 Å². The van der Waals surface area contributed by atoms with E-state index in [1.165, 1.54) is 4.90 Å². The molecule has 2 atom stereocenters. The minimum Gasteiger partial charge on any atom is -0.481 e. The number of fused-ring (bicyclic) bond motifs is 8. The first-order chi connectivity index (χ1) is 29.8. The molecule has 0 saturated heterocycles. The van der Waals surface area contributed by atoms with E-state index in [0.29, 0.717) is 49.6 Å². The zero-order valence-electron chi connectivity index (χ0n) is 39.3. The molecule has 0 aliphatic carbocycles. The zero-order chi connectivity index (χ0) is 47.6. The number of alkyl carbamates (subject to hydrolysis) is 1. The molecule has 0 saturated carbocycles. The number of carbonyl (C=O) groups excluding carboxylic acids is 2. The molecule has 0 radical (unpaired) electrons. The summed E-state index contributed by atoms with van der Waals surface area (Å²) >= 11 is 0. The van der Waals surface area contributed by atoms with Gasteiger partial charge >= 0.3 is 24.1 Å². The predicted octanol–water partition coefficient (Wildman–Crippen LogP) is 4.24. The summed E-state index contributed by atoms with van der Waals surface area (Å²) in [6.45, 7) is 22.0. The fourth-order valence-corrected chi connectivity index (χ4v) is 8.39. The molecule has 16 nitrogen and oxygen atoms in total. The van der Waals surface area contributed by atoms with Crippen molar-refractivity contribution >= 4 is 48.4 Å². The lowest BCUT2D eigenvalue weighted by Crippen LogP contribution is -2.43. The smallest absolute Gasteiger partial charge is 0.410 e. The van der Waals surface area contributed by atoms with Crippen LogP contribution >= 0.6 is 0 Å². The summed E-state index contributed by atoms with van der Waals surface area (Å²) < 4.78 is 13.3. The predicted molar refractivity (Wildman–Crippen MR) is 244 cm³/mol. The van der Waals surface area contributed by atoms with Crippen LogP contribution < -0.4 is 26.7 Å². The third kappa shape index (κ3) is 11.6. The molecule has 0 aromatic carbocycles. The van der Waals surface area contributed by atoms with Crippen molar-refractivity contribution < 1.29 is 49.1 Å². The molecule has 1 aliphatic rings. The third-order valence-corrected chi connectivity index (χ3v) is 11.4. The molecule has 5 rings (SSSR count). The molecule has 8 bridgehead atoms. The molecule has 16 heteroatoms. The van der Waals surface area contributed by atoms with Gasteiger partial charge in [0.25, 0.3) is 0 Å². The molecule has 2 amide bonds. The van der Waals surface area contributed by atoms with Crippen molar-refractivity contribution in [2.45, 2.75) is 139 Å². The van der Waals surface area contributed by atoms with Crippen LogP contribution in [0.4, 0.5) is 9.59 Å². The number of carboxylic acids is 2. The number of rotatable bonds is 14. The highest BCUT2D eigenvalue weighted by atomic mass is 16.6. The van der Waals surface area contributed by atoms with Gasteiger partial charge in [-0.2, -0.15) is 0 Å². The summed E-state index contributed by atoms with van der Waals surface area (Å²) in [5.74, 6) is -1.95. The Kier molecular flexibility index (Phi) is 14.9. The molecular formula is C48H66N6O10. The summed E-state index contributed by atoms with van der Waals surface area (Å²) in [4.78, 5) is 62.7. The van der Waals surface area contributed by atoms with E-state index >= 15 is 0 Å². The number of aromatic nitrogens is 4. The fourth-order valence-electron chi connectivity index (χ4n) is 8.39. The maximum atomic E-state index is 13.9. The molecule has 64 heavy (non-hydrogen) atoms. The molecule has 1 aliphatic heterocycles. The van der Waals surface area contributed by atoms with Gasteiger partial charge < -0.3 is 59.6 Å². The van der Waals surface area contributed by atoms with E-state index in [2.05, 4.69) is 20.3 Å². The highest BCUT2D eigenvalue weighted by molar-refractivity contribution is 5.71. The topological polar surface area (TPSA) is 235 Å². The number of carbonyl (C=O) groups is 4. The molecular weight excluding hydrogens is 821 g/mol. The molecule has 4 aromatic rings. The number of H-pyrrole nitrogens is 3. The summed E-state index contributed by atoms with van der Waals surface area (Å²) in [5, 5.41) is 47.5. The number of nitrogens with zero attached hydrogens (tertiary/aromatic N) is 2. The Morgan fingerprint density at radius 3 is 1.78 bits per heavy atom. The minimum atomic E-state index is -0.987. The molecule has 0 fully saturated rings. The lowest BCUT2D eigenvalue weighted by atomic mass is 10.0. The first-order valence-corrected chi connectivity index (χ1v) is 21.8. The van der Waals surface area contributed by atoms with Crippen LogP contribution in [0.3, 0.4) is 0 Å². The maximum Gasteiger partial charge on any atom is 0.410 e. The summed E-state index contributed by atoms with van der Waals surface area (Å²) in [6.07, 6.45) is 4.73. The molecule has 348 valence electrons. The first kappa shape index (κ1) is 49.0. The summed E-state index contributed by atoms with van der Waals surface area (Å²) in [5.41, 5.74) is 7.18. The van der Waals surface area contributed by atoms with Crippen LogP contribution in [0.25, 0.3) is 24.3 Å². The number of ether oxygens (including phenoxy) is 2. The monoisotopic (exact) mass is 886 g/mol. The number of aliphatic carboxylic acids is 2. The van der Waals surface area contributed by atoms with Crippen molar-refractivity contribution in [3.05, 3.63) is 88.7 Å². The number of hydrogen-bond donors (Lipinski definition) is 8. The highest BCUT2D eigenvalue weighted by Crippen LogP contribution is 2.29. The van der Waals surface area contributed by atoms with Gasteiger partial charge in [-0.3, -0.25) is 9.59 Å². The van der Waals surface area contributed by atoms with Crippen molar-refractivity contribution in [1.82, 2.24) is 29.7 Å². The average molecular weight is 887 g/mol. The number of nitrogens with one attached hydrogen (secondary N) is 4. The van der Waals surface area contributed by atoms with Crippen molar-refractivity contribution in [2.75, 3.05) is 19.6 Å². The van der Waals surface area contributed by atoms with Crippen molar-refractivity contribution in [2.24, 2.45) is 0 Å². The maximum absolute atomic E-state index is 13.9. The SMILES string of the molecule is Cc1c2[nH]c(c1C(C)O)C=c1[nH]c(c(C(C)O)c1C)=Cc1c(C)c(CCC(=O)O)c(n1CCN(CCNC(=O)OC(C)(C)C)C(=O)OC(C)(C)C)C=c1[nH]c(c(C)c1CCC(=O)O)=C2. The Hall–Kier alpha value is -6.00. The number of amides is 2. The normalized spacial score (nSPS) is 13.5. The third-order valence-electron chi connectivity index (χ3n) is 11.4. The van der Waals surface area contributed by atoms with E-state index in [0.717, 1.165) is 39.1 Å². The molecule has 0 spiro atoms. The van der Waals surface area contributed by atoms with E-state index in [1.54, 1.807) is 55.4 Å². The number of hydrogen-bond acceptors (Lipinski definition) is 8.